The second kappa shape index (κ2) is 4.79. The molecule has 86 valence electrons. The molecular formula is C12H22N2O. The lowest BCUT2D eigenvalue weighted by atomic mass is 9.89. The summed E-state index contributed by atoms with van der Waals surface area (Å²) in [7, 11) is 0. The van der Waals surface area contributed by atoms with Crippen molar-refractivity contribution in [3.8, 4) is 0 Å². The molecule has 0 unspecified atom stereocenters. The number of nitrogens with zero attached hydrogens (tertiary/aromatic N) is 2. The van der Waals surface area contributed by atoms with E-state index in [-0.39, 0.29) is 12.0 Å². The first kappa shape index (κ1) is 12.2. The summed E-state index contributed by atoms with van der Waals surface area (Å²) < 4.78 is 1.98. The second-order valence-corrected chi connectivity index (χ2v) is 5.42. The fourth-order valence-corrected chi connectivity index (χ4v) is 1.52. The quantitative estimate of drug-likeness (QED) is 0.808. The van der Waals surface area contributed by atoms with Gasteiger partial charge in [0.25, 0.3) is 0 Å². The molecule has 1 rings (SSSR count). The highest BCUT2D eigenvalue weighted by molar-refractivity contribution is 5.02. The summed E-state index contributed by atoms with van der Waals surface area (Å²) >= 11 is 0. The maximum Gasteiger partial charge on any atom is 0.0630 e. The lowest BCUT2D eigenvalue weighted by molar-refractivity contribution is 0.158. The molecule has 3 heteroatoms. The first-order valence-corrected chi connectivity index (χ1v) is 5.56. The van der Waals surface area contributed by atoms with Gasteiger partial charge in [-0.25, -0.2) is 0 Å². The fraction of sp³-hybridized carbons (Fsp3) is 0.750. The molecule has 0 aliphatic heterocycles. The predicted octanol–water partition coefficient (Wildman–Crippen LogP) is 2.10. The van der Waals surface area contributed by atoms with Crippen LogP contribution in [0.15, 0.2) is 12.3 Å². The summed E-state index contributed by atoms with van der Waals surface area (Å²) in [4.78, 5) is 0. The Labute approximate surface area is 92.1 Å². The van der Waals surface area contributed by atoms with Gasteiger partial charge in [-0.15, -0.1) is 0 Å². The first-order chi connectivity index (χ1) is 6.93. The molecule has 15 heavy (non-hydrogen) atoms. The highest BCUT2D eigenvalue weighted by Gasteiger charge is 2.18. The molecular weight excluding hydrogens is 188 g/mol. The molecule has 0 fully saturated rings. The second-order valence-electron chi connectivity index (χ2n) is 5.42. The van der Waals surface area contributed by atoms with Gasteiger partial charge < -0.3 is 5.11 Å². The minimum Gasteiger partial charge on any atom is -0.396 e. The van der Waals surface area contributed by atoms with Crippen LogP contribution in [0, 0.1) is 11.3 Å². The van der Waals surface area contributed by atoms with E-state index in [0.717, 1.165) is 18.7 Å². The van der Waals surface area contributed by atoms with Crippen molar-refractivity contribution in [2.24, 2.45) is 11.3 Å². The molecule has 0 saturated carbocycles. The van der Waals surface area contributed by atoms with Gasteiger partial charge in [0.1, 0.15) is 0 Å². The normalized spacial score (nSPS) is 12.4. The van der Waals surface area contributed by atoms with Crippen LogP contribution in [0.1, 0.15) is 33.4 Å². The molecule has 0 bridgehead atoms. The van der Waals surface area contributed by atoms with Crippen molar-refractivity contribution in [2.45, 2.75) is 40.7 Å². The van der Waals surface area contributed by atoms with Gasteiger partial charge in [0, 0.05) is 19.3 Å². The van der Waals surface area contributed by atoms with Crippen LogP contribution in [0.25, 0.3) is 0 Å². The van der Waals surface area contributed by atoms with Crippen LogP contribution < -0.4 is 0 Å². The lowest BCUT2D eigenvalue weighted by Gasteiger charge is -2.19. The van der Waals surface area contributed by atoms with Crippen LogP contribution in [0.3, 0.4) is 0 Å². The van der Waals surface area contributed by atoms with Crippen molar-refractivity contribution in [3.63, 3.8) is 0 Å². The van der Waals surface area contributed by atoms with Gasteiger partial charge >= 0.3 is 0 Å². The summed E-state index contributed by atoms with van der Waals surface area (Å²) in [5.41, 5.74) is 0.992. The maximum atomic E-state index is 9.17. The Morgan fingerprint density at radius 2 is 2.13 bits per heavy atom. The van der Waals surface area contributed by atoms with Gasteiger partial charge in [-0.05, 0) is 23.8 Å². The largest absolute Gasteiger partial charge is 0.396 e. The van der Waals surface area contributed by atoms with Gasteiger partial charge in [-0.3, -0.25) is 4.68 Å². The SMILES string of the molecule is CC(C)Cn1ccc(CC(C)(C)CO)n1. The third-order valence-corrected chi connectivity index (χ3v) is 2.34. The smallest absolute Gasteiger partial charge is 0.0630 e. The third-order valence-electron chi connectivity index (χ3n) is 2.34. The van der Waals surface area contributed by atoms with E-state index >= 15 is 0 Å². The first-order valence-electron chi connectivity index (χ1n) is 5.56. The minimum absolute atomic E-state index is 0.0724. The zero-order chi connectivity index (χ0) is 11.5. The number of aromatic nitrogens is 2. The van der Waals surface area contributed by atoms with Crippen LogP contribution in [-0.4, -0.2) is 21.5 Å². The Bertz CT molecular complexity index is 302. The summed E-state index contributed by atoms with van der Waals surface area (Å²) in [5, 5.41) is 13.7. The maximum absolute atomic E-state index is 9.17. The summed E-state index contributed by atoms with van der Waals surface area (Å²) in [6, 6.07) is 2.04. The molecule has 0 spiro atoms. The topological polar surface area (TPSA) is 38.0 Å². The number of hydrogen-bond donors (Lipinski definition) is 1. The van der Waals surface area contributed by atoms with E-state index in [2.05, 4.69) is 32.8 Å². The summed E-state index contributed by atoms with van der Waals surface area (Å²) in [6.45, 7) is 9.62. The number of hydrogen-bond acceptors (Lipinski definition) is 2. The number of rotatable bonds is 5. The Morgan fingerprint density at radius 3 is 2.67 bits per heavy atom. The van der Waals surface area contributed by atoms with E-state index in [1.54, 1.807) is 0 Å². The molecule has 0 aliphatic carbocycles. The molecule has 1 N–H and O–H groups in total. The number of aliphatic hydroxyl groups is 1. The van der Waals surface area contributed by atoms with Crippen molar-refractivity contribution in [2.75, 3.05) is 6.61 Å². The van der Waals surface area contributed by atoms with Crippen molar-refractivity contribution in [1.29, 1.82) is 0 Å². The standard InChI is InChI=1S/C12H22N2O/c1-10(2)8-14-6-5-11(13-14)7-12(3,4)9-15/h5-6,10,15H,7-9H2,1-4H3. The summed E-state index contributed by atoms with van der Waals surface area (Å²) in [6.07, 6.45) is 2.84. The molecule has 1 aromatic heterocycles. The van der Waals surface area contributed by atoms with E-state index in [0.29, 0.717) is 5.92 Å². The van der Waals surface area contributed by atoms with Crippen LogP contribution >= 0.6 is 0 Å². The van der Waals surface area contributed by atoms with Crippen molar-refractivity contribution in [3.05, 3.63) is 18.0 Å². The molecule has 0 aliphatic rings. The van der Waals surface area contributed by atoms with Gasteiger partial charge in [0.2, 0.25) is 0 Å². The molecule has 1 heterocycles. The van der Waals surface area contributed by atoms with E-state index in [1.165, 1.54) is 0 Å². The van der Waals surface area contributed by atoms with E-state index in [1.807, 2.05) is 16.9 Å². The highest BCUT2D eigenvalue weighted by Crippen LogP contribution is 2.19. The molecule has 3 nitrogen and oxygen atoms in total. The van der Waals surface area contributed by atoms with Crippen LogP contribution in [-0.2, 0) is 13.0 Å². The Balaban J connectivity index is 2.60. The van der Waals surface area contributed by atoms with E-state index in [9.17, 15) is 5.11 Å². The average molecular weight is 210 g/mol. The Kier molecular flexibility index (Phi) is 3.91. The van der Waals surface area contributed by atoms with Crippen LogP contribution in [0.2, 0.25) is 0 Å². The predicted molar refractivity (Wildman–Crippen MR) is 61.6 cm³/mol. The lowest BCUT2D eigenvalue weighted by Crippen LogP contribution is -2.20. The van der Waals surface area contributed by atoms with E-state index < -0.39 is 0 Å². The van der Waals surface area contributed by atoms with Gasteiger partial charge in [-0.2, -0.15) is 5.10 Å². The summed E-state index contributed by atoms with van der Waals surface area (Å²) in [5.74, 6) is 0.614. The minimum atomic E-state index is -0.0724. The molecule has 0 aromatic carbocycles. The molecule has 0 saturated heterocycles. The van der Waals surface area contributed by atoms with Crippen LogP contribution in [0.4, 0.5) is 0 Å². The monoisotopic (exact) mass is 210 g/mol. The zero-order valence-electron chi connectivity index (χ0n) is 10.2. The third kappa shape index (κ3) is 4.04. The van der Waals surface area contributed by atoms with Crippen LogP contribution in [0.5, 0.6) is 0 Å². The fourth-order valence-electron chi connectivity index (χ4n) is 1.52. The molecule has 0 atom stereocenters. The van der Waals surface area contributed by atoms with Crippen molar-refractivity contribution < 1.29 is 5.11 Å². The van der Waals surface area contributed by atoms with Gasteiger partial charge in [-0.1, -0.05) is 27.7 Å². The Hall–Kier alpha value is -0.830. The van der Waals surface area contributed by atoms with Gasteiger partial charge in [0.15, 0.2) is 0 Å². The van der Waals surface area contributed by atoms with E-state index in [4.69, 9.17) is 0 Å². The van der Waals surface area contributed by atoms with Gasteiger partial charge in [0.05, 0.1) is 5.69 Å². The van der Waals surface area contributed by atoms with Crippen molar-refractivity contribution >= 4 is 0 Å². The van der Waals surface area contributed by atoms with Crippen molar-refractivity contribution in [1.82, 2.24) is 9.78 Å². The molecule has 1 aromatic rings. The Morgan fingerprint density at radius 1 is 1.47 bits per heavy atom. The molecule has 0 radical (unpaired) electrons. The number of aliphatic hydroxyl groups excluding tert-OH is 1. The zero-order valence-corrected chi connectivity index (χ0v) is 10.2. The average Bonchev–Trinajstić information content (AvgIpc) is 2.50. The highest BCUT2D eigenvalue weighted by atomic mass is 16.3. The molecule has 0 amide bonds.